The molecule has 0 aliphatic rings. The van der Waals surface area contributed by atoms with E-state index in [1.807, 2.05) is 6.92 Å². The first-order chi connectivity index (χ1) is 10.3. The molecule has 2 rings (SSSR count). The molecule has 0 atom stereocenters. The smallest absolute Gasteiger partial charge is 0.265 e. The number of aryl methyl sites for hydroxylation is 2. The summed E-state index contributed by atoms with van der Waals surface area (Å²) in [5.41, 5.74) is 1.69. The van der Waals surface area contributed by atoms with Crippen LogP contribution in [0.2, 0.25) is 5.02 Å². The number of hydrogen-bond donors (Lipinski definition) is 2. The molecule has 1 heterocycles. The molecule has 2 N–H and O–H groups in total. The Morgan fingerprint density at radius 2 is 2.05 bits per heavy atom. The zero-order valence-electron chi connectivity index (χ0n) is 12.6. The highest BCUT2D eigenvalue weighted by Gasteiger charge is 2.25. The number of aromatic nitrogens is 2. The van der Waals surface area contributed by atoms with Crippen LogP contribution in [0.25, 0.3) is 0 Å². The van der Waals surface area contributed by atoms with E-state index >= 15 is 0 Å². The Morgan fingerprint density at radius 3 is 2.59 bits per heavy atom. The third kappa shape index (κ3) is 2.97. The topological polar surface area (TPSA) is 84.2 Å². The molecule has 0 spiro atoms. The molecule has 0 fully saturated rings. The number of rotatable bonds is 5. The minimum atomic E-state index is -3.81. The van der Waals surface area contributed by atoms with E-state index in [9.17, 15) is 13.5 Å². The van der Waals surface area contributed by atoms with Gasteiger partial charge in [-0.15, -0.1) is 0 Å². The Kier molecular flexibility index (Phi) is 4.79. The molecule has 0 radical (unpaired) electrons. The van der Waals surface area contributed by atoms with Crippen molar-refractivity contribution in [3.8, 4) is 0 Å². The van der Waals surface area contributed by atoms with Gasteiger partial charge in [0.25, 0.3) is 10.0 Å². The molecule has 0 aliphatic carbocycles. The number of nitrogens with one attached hydrogen (secondary N) is 1. The molecule has 2 aromatic rings. The normalized spacial score (nSPS) is 11.7. The summed E-state index contributed by atoms with van der Waals surface area (Å²) in [6, 6.07) is 4.81. The van der Waals surface area contributed by atoms with E-state index in [-0.39, 0.29) is 22.2 Å². The fourth-order valence-corrected chi connectivity index (χ4v) is 4.13. The van der Waals surface area contributed by atoms with E-state index in [0.717, 1.165) is 0 Å². The number of aliphatic hydroxyl groups excluding tert-OH is 1. The number of halogens is 1. The number of aliphatic hydroxyl groups is 1. The van der Waals surface area contributed by atoms with Gasteiger partial charge in [0, 0.05) is 6.54 Å². The Bertz CT molecular complexity index is 800. The van der Waals surface area contributed by atoms with Crippen LogP contribution in [0.5, 0.6) is 0 Å². The van der Waals surface area contributed by atoms with Crippen molar-refractivity contribution in [1.29, 1.82) is 0 Å². The predicted octanol–water partition coefficient (Wildman–Crippen LogP) is 2.47. The van der Waals surface area contributed by atoms with Gasteiger partial charge in [0.05, 0.1) is 28.7 Å². The van der Waals surface area contributed by atoms with E-state index in [1.54, 1.807) is 36.7 Å². The van der Waals surface area contributed by atoms with Crippen LogP contribution in [0.15, 0.2) is 23.1 Å². The van der Waals surface area contributed by atoms with Crippen LogP contribution in [-0.2, 0) is 23.2 Å². The second-order valence-corrected chi connectivity index (χ2v) is 6.86. The van der Waals surface area contributed by atoms with Gasteiger partial charge in [-0.05, 0) is 32.4 Å². The Labute approximate surface area is 134 Å². The number of benzene rings is 1. The lowest BCUT2D eigenvalue weighted by Gasteiger charge is -2.12. The summed E-state index contributed by atoms with van der Waals surface area (Å²) in [6.45, 7) is 5.58. The van der Waals surface area contributed by atoms with Gasteiger partial charge in [-0.2, -0.15) is 5.10 Å². The second kappa shape index (κ2) is 6.28. The minimum absolute atomic E-state index is 0.153. The molecule has 0 saturated heterocycles. The molecule has 0 saturated carbocycles. The Hall–Kier alpha value is -1.57. The maximum atomic E-state index is 12.6. The monoisotopic (exact) mass is 343 g/mol. The quantitative estimate of drug-likeness (QED) is 0.873. The van der Waals surface area contributed by atoms with Crippen LogP contribution in [0.4, 0.5) is 5.69 Å². The molecular weight excluding hydrogens is 326 g/mol. The van der Waals surface area contributed by atoms with Gasteiger partial charge in [-0.1, -0.05) is 23.7 Å². The van der Waals surface area contributed by atoms with Crippen LogP contribution >= 0.6 is 11.6 Å². The summed E-state index contributed by atoms with van der Waals surface area (Å²) in [4.78, 5) is 0.153. The van der Waals surface area contributed by atoms with Gasteiger partial charge in [0.1, 0.15) is 4.90 Å². The Morgan fingerprint density at radius 1 is 1.36 bits per heavy atom. The molecule has 0 unspecified atom stereocenters. The van der Waals surface area contributed by atoms with E-state index in [1.165, 1.54) is 0 Å². The Balaban J connectivity index is 2.47. The van der Waals surface area contributed by atoms with Gasteiger partial charge < -0.3 is 5.11 Å². The minimum Gasteiger partial charge on any atom is -0.392 e. The van der Waals surface area contributed by atoms with Crippen molar-refractivity contribution >= 4 is 27.3 Å². The van der Waals surface area contributed by atoms with Crippen molar-refractivity contribution in [1.82, 2.24) is 9.78 Å². The van der Waals surface area contributed by atoms with Gasteiger partial charge in [0.2, 0.25) is 0 Å². The van der Waals surface area contributed by atoms with Gasteiger partial charge >= 0.3 is 0 Å². The van der Waals surface area contributed by atoms with Crippen LogP contribution in [0.1, 0.15) is 23.9 Å². The van der Waals surface area contributed by atoms with E-state index in [0.29, 0.717) is 23.5 Å². The number of nitrogens with zero attached hydrogens (tertiary/aromatic N) is 2. The van der Waals surface area contributed by atoms with Crippen LogP contribution in [-0.4, -0.2) is 23.3 Å². The average molecular weight is 344 g/mol. The summed E-state index contributed by atoms with van der Waals surface area (Å²) >= 11 is 6.11. The molecule has 120 valence electrons. The summed E-state index contributed by atoms with van der Waals surface area (Å²) < 4.78 is 29.4. The van der Waals surface area contributed by atoms with Crippen molar-refractivity contribution < 1.29 is 13.5 Å². The van der Waals surface area contributed by atoms with Crippen LogP contribution in [0.3, 0.4) is 0 Å². The SMILES string of the molecule is CCn1nc(C)c(S(=O)(=O)Nc2cccc(CO)c2Cl)c1C. The average Bonchev–Trinajstić information content (AvgIpc) is 2.76. The third-order valence-electron chi connectivity index (χ3n) is 3.38. The zero-order valence-corrected chi connectivity index (χ0v) is 14.2. The molecular formula is C14H18ClN3O3S. The summed E-state index contributed by atoms with van der Waals surface area (Å²) in [5, 5.41) is 13.6. The molecule has 6 nitrogen and oxygen atoms in total. The first kappa shape index (κ1) is 16.8. The summed E-state index contributed by atoms with van der Waals surface area (Å²) in [7, 11) is -3.81. The van der Waals surface area contributed by atoms with Crippen molar-refractivity contribution in [2.45, 2.75) is 38.8 Å². The largest absolute Gasteiger partial charge is 0.392 e. The molecule has 22 heavy (non-hydrogen) atoms. The van der Waals surface area contributed by atoms with Crippen molar-refractivity contribution in [2.24, 2.45) is 0 Å². The molecule has 8 heteroatoms. The van der Waals surface area contributed by atoms with Gasteiger partial charge in [0.15, 0.2) is 0 Å². The third-order valence-corrected chi connectivity index (χ3v) is 5.44. The highest BCUT2D eigenvalue weighted by atomic mass is 35.5. The zero-order chi connectivity index (χ0) is 16.5. The molecule has 0 amide bonds. The van der Waals surface area contributed by atoms with E-state index in [2.05, 4.69) is 9.82 Å². The van der Waals surface area contributed by atoms with Crippen molar-refractivity contribution in [2.75, 3.05) is 4.72 Å². The maximum Gasteiger partial charge on any atom is 0.265 e. The first-order valence-corrected chi connectivity index (χ1v) is 8.63. The predicted molar refractivity (Wildman–Crippen MR) is 85.6 cm³/mol. The summed E-state index contributed by atoms with van der Waals surface area (Å²) in [5.74, 6) is 0. The lowest BCUT2D eigenvalue weighted by atomic mass is 10.2. The maximum absolute atomic E-state index is 12.6. The van der Waals surface area contributed by atoms with Crippen LogP contribution < -0.4 is 4.72 Å². The molecule has 1 aromatic carbocycles. The fraction of sp³-hybridized carbons (Fsp3) is 0.357. The standard InChI is InChI=1S/C14H18ClN3O3S/c1-4-18-10(3)14(9(2)16-18)22(20,21)17-12-7-5-6-11(8-19)13(12)15/h5-7,17,19H,4,8H2,1-3H3. The number of hydrogen-bond acceptors (Lipinski definition) is 4. The van der Waals surface area contributed by atoms with Gasteiger partial charge in [-0.25, -0.2) is 8.42 Å². The highest BCUT2D eigenvalue weighted by Crippen LogP contribution is 2.29. The number of sulfonamides is 1. The van der Waals surface area contributed by atoms with E-state index < -0.39 is 10.0 Å². The second-order valence-electron chi connectivity index (χ2n) is 4.86. The fourth-order valence-electron chi connectivity index (χ4n) is 2.35. The van der Waals surface area contributed by atoms with Gasteiger partial charge in [-0.3, -0.25) is 9.40 Å². The number of anilines is 1. The lowest BCUT2D eigenvalue weighted by molar-refractivity contribution is 0.282. The van der Waals surface area contributed by atoms with Crippen molar-refractivity contribution in [3.63, 3.8) is 0 Å². The first-order valence-electron chi connectivity index (χ1n) is 6.76. The van der Waals surface area contributed by atoms with E-state index in [4.69, 9.17) is 11.6 Å². The summed E-state index contributed by atoms with van der Waals surface area (Å²) in [6.07, 6.45) is 0. The molecule has 1 aromatic heterocycles. The lowest BCUT2D eigenvalue weighted by Crippen LogP contribution is -2.15. The van der Waals surface area contributed by atoms with Crippen molar-refractivity contribution in [3.05, 3.63) is 40.2 Å². The molecule has 0 bridgehead atoms. The van der Waals surface area contributed by atoms with Crippen LogP contribution in [0, 0.1) is 13.8 Å². The highest BCUT2D eigenvalue weighted by molar-refractivity contribution is 7.92. The molecule has 0 aliphatic heterocycles.